The van der Waals surface area contributed by atoms with Crippen LogP contribution in [0.4, 0.5) is 23.1 Å². The number of hydrogen-bond donors (Lipinski definition) is 1. The van der Waals surface area contributed by atoms with Gasteiger partial charge in [0.25, 0.3) is 0 Å². The van der Waals surface area contributed by atoms with Gasteiger partial charge in [-0.2, -0.15) is 4.98 Å². The van der Waals surface area contributed by atoms with Crippen LogP contribution in [0.15, 0.2) is 54.6 Å². The van der Waals surface area contributed by atoms with Crippen LogP contribution >= 0.6 is 0 Å². The minimum absolute atomic E-state index is 0.0531. The number of ketones is 1. The number of Topliss-reactive ketones (excluding diaryl/α,β-unsaturated/α-hetero) is 1. The molecule has 2 heterocycles. The Bertz CT molecular complexity index is 997. The highest BCUT2D eigenvalue weighted by Gasteiger charge is 2.28. The van der Waals surface area contributed by atoms with Gasteiger partial charge in [0.15, 0.2) is 5.78 Å². The number of rotatable bonds is 4. The zero-order valence-electron chi connectivity index (χ0n) is 15.7. The number of aryl methyl sites for hydroxylation is 1. The van der Waals surface area contributed by atoms with Gasteiger partial charge >= 0.3 is 0 Å². The molecule has 1 aliphatic rings. The van der Waals surface area contributed by atoms with Gasteiger partial charge in [-0.15, -0.1) is 0 Å². The summed E-state index contributed by atoms with van der Waals surface area (Å²) in [5.41, 5.74) is 5.00. The second kappa shape index (κ2) is 6.83. The van der Waals surface area contributed by atoms with Crippen molar-refractivity contribution >= 4 is 28.9 Å². The molecule has 0 saturated heterocycles. The molecule has 1 atom stereocenters. The van der Waals surface area contributed by atoms with Gasteiger partial charge in [-0.25, -0.2) is 4.98 Å². The summed E-state index contributed by atoms with van der Waals surface area (Å²) in [5, 5.41) is 3.25. The van der Waals surface area contributed by atoms with Gasteiger partial charge in [0.1, 0.15) is 5.82 Å². The Balaban J connectivity index is 1.65. The SMILES string of the molecule is CC(=O)c1ccc(Nc2nc(C)cc(N3c4ccccc4CC3C)n2)cc1. The minimum Gasteiger partial charge on any atom is -0.324 e. The standard InChI is InChI=1S/C22H22N4O/c1-14-12-21(26-15(2)13-18-6-4-5-7-20(18)26)25-22(23-14)24-19-10-8-17(9-11-19)16(3)27/h4-12,15H,13H2,1-3H3,(H,23,24,25). The Kier molecular flexibility index (Phi) is 4.36. The molecule has 0 spiro atoms. The number of carbonyl (C=O) groups excluding carboxylic acids is 1. The van der Waals surface area contributed by atoms with Crippen molar-refractivity contribution in [2.45, 2.75) is 33.2 Å². The van der Waals surface area contributed by atoms with Gasteiger partial charge in [-0.3, -0.25) is 4.79 Å². The van der Waals surface area contributed by atoms with Gasteiger partial charge in [0.2, 0.25) is 5.95 Å². The van der Waals surface area contributed by atoms with Gasteiger partial charge in [-0.1, -0.05) is 18.2 Å². The molecule has 5 heteroatoms. The van der Waals surface area contributed by atoms with Gasteiger partial charge in [0, 0.05) is 34.7 Å². The number of carbonyl (C=O) groups is 1. The highest BCUT2D eigenvalue weighted by molar-refractivity contribution is 5.94. The average molecular weight is 358 g/mol. The molecule has 27 heavy (non-hydrogen) atoms. The zero-order valence-corrected chi connectivity index (χ0v) is 15.7. The van der Waals surface area contributed by atoms with Gasteiger partial charge in [0.05, 0.1) is 0 Å². The normalized spacial score (nSPS) is 15.5. The van der Waals surface area contributed by atoms with E-state index in [0.717, 1.165) is 23.6 Å². The second-order valence-electron chi connectivity index (χ2n) is 7.00. The summed E-state index contributed by atoms with van der Waals surface area (Å²) in [6, 6.07) is 18.2. The first-order valence-corrected chi connectivity index (χ1v) is 9.12. The maximum Gasteiger partial charge on any atom is 0.229 e. The average Bonchev–Trinajstić information content (AvgIpc) is 2.97. The van der Waals surface area contributed by atoms with Crippen molar-refractivity contribution in [2.75, 3.05) is 10.2 Å². The lowest BCUT2D eigenvalue weighted by Gasteiger charge is -2.24. The molecule has 3 aromatic rings. The van der Waals surface area contributed by atoms with Crippen LogP contribution in [0.25, 0.3) is 0 Å². The summed E-state index contributed by atoms with van der Waals surface area (Å²) in [5.74, 6) is 1.50. The predicted molar refractivity (Wildman–Crippen MR) is 108 cm³/mol. The van der Waals surface area contributed by atoms with Crippen molar-refractivity contribution in [3.05, 3.63) is 71.4 Å². The largest absolute Gasteiger partial charge is 0.324 e. The third-order valence-corrected chi connectivity index (χ3v) is 4.84. The van der Waals surface area contributed by atoms with E-state index < -0.39 is 0 Å². The minimum atomic E-state index is 0.0531. The van der Waals surface area contributed by atoms with Crippen molar-refractivity contribution in [3.8, 4) is 0 Å². The predicted octanol–water partition coefficient (Wildman–Crippen LogP) is 4.81. The number of benzene rings is 2. The Morgan fingerprint density at radius 3 is 2.59 bits per heavy atom. The first-order chi connectivity index (χ1) is 13.0. The van der Waals surface area contributed by atoms with Gasteiger partial charge in [-0.05, 0) is 63.1 Å². The van der Waals surface area contributed by atoms with E-state index in [4.69, 9.17) is 4.98 Å². The highest BCUT2D eigenvalue weighted by Crippen LogP contribution is 2.37. The van der Waals surface area contributed by atoms with Crippen LogP contribution in [0.3, 0.4) is 0 Å². The lowest BCUT2D eigenvalue weighted by atomic mass is 10.1. The van der Waals surface area contributed by atoms with E-state index in [9.17, 15) is 4.79 Å². The molecule has 136 valence electrons. The third kappa shape index (κ3) is 3.40. The van der Waals surface area contributed by atoms with Crippen molar-refractivity contribution in [3.63, 3.8) is 0 Å². The zero-order chi connectivity index (χ0) is 19.0. The van der Waals surface area contributed by atoms with E-state index in [1.54, 1.807) is 19.1 Å². The molecule has 1 aliphatic heterocycles. The fourth-order valence-electron chi connectivity index (χ4n) is 3.56. The molecule has 5 nitrogen and oxygen atoms in total. The quantitative estimate of drug-likeness (QED) is 0.678. The number of aromatic nitrogens is 2. The van der Waals surface area contributed by atoms with E-state index in [2.05, 4.69) is 46.4 Å². The Labute approximate surface area is 159 Å². The fourth-order valence-corrected chi connectivity index (χ4v) is 3.56. The molecule has 0 amide bonds. The summed E-state index contributed by atoms with van der Waals surface area (Å²) in [7, 11) is 0. The molecule has 0 bridgehead atoms. The Hall–Kier alpha value is -3.21. The summed E-state index contributed by atoms with van der Waals surface area (Å²) >= 11 is 0. The smallest absolute Gasteiger partial charge is 0.229 e. The topological polar surface area (TPSA) is 58.1 Å². The molecule has 0 aliphatic carbocycles. The van der Waals surface area contributed by atoms with Crippen LogP contribution in [-0.4, -0.2) is 21.8 Å². The van der Waals surface area contributed by atoms with E-state index in [1.807, 2.05) is 25.1 Å². The maximum absolute atomic E-state index is 11.4. The van der Waals surface area contributed by atoms with Crippen LogP contribution in [-0.2, 0) is 6.42 Å². The molecular formula is C22H22N4O. The number of nitrogens with one attached hydrogen (secondary N) is 1. The molecule has 1 N–H and O–H groups in total. The van der Waals surface area contributed by atoms with E-state index in [1.165, 1.54) is 11.3 Å². The van der Waals surface area contributed by atoms with Crippen molar-refractivity contribution in [2.24, 2.45) is 0 Å². The summed E-state index contributed by atoms with van der Waals surface area (Å²) in [4.78, 5) is 23.0. The number of hydrogen-bond acceptors (Lipinski definition) is 5. The van der Waals surface area contributed by atoms with E-state index >= 15 is 0 Å². The third-order valence-electron chi connectivity index (χ3n) is 4.84. The maximum atomic E-state index is 11.4. The van der Waals surface area contributed by atoms with Crippen LogP contribution < -0.4 is 10.2 Å². The van der Waals surface area contributed by atoms with Gasteiger partial charge < -0.3 is 10.2 Å². The molecule has 1 aromatic heterocycles. The summed E-state index contributed by atoms with van der Waals surface area (Å²) in [6.07, 6.45) is 1.01. The summed E-state index contributed by atoms with van der Waals surface area (Å²) in [6.45, 7) is 5.75. The Morgan fingerprint density at radius 2 is 1.85 bits per heavy atom. The first-order valence-electron chi connectivity index (χ1n) is 9.12. The lowest BCUT2D eigenvalue weighted by Crippen LogP contribution is -2.25. The molecule has 4 rings (SSSR count). The van der Waals surface area contributed by atoms with Crippen molar-refractivity contribution < 1.29 is 4.79 Å². The number of para-hydroxylation sites is 1. The molecule has 0 radical (unpaired) electrons. The Morgan fingerprint density at radius 1 is 1.11 bits per heavy atom. The molecule has 0 saturated carbocycles. The van der Waals surface area contributed by atoms with Crippen molar-refractivity contribution in [1.29, 1.82) is 0 Å². The molecule has 0 fully saturated rings. The monoisotopic (exact) mass is 358 g/mol. The van der Waals surface area contributed by atoms with Crippen LogP contribution in [0.5, 0.6) is 0 Å². The van der Waals surface area contributed by atoms with Crippen molar-refractivity contribution in [1.82, 2.24) is 9.97 Å². The lowest BCUT2D eigenvalue weighted by molar-refractivity contribution is 0.101. The van der Waals surface area contributed by atoms with E-state index in [0.29, 0.717) is 17.6 Å². The number of nitrogens with zero attached hydrogens (tertiary/aromatic N) is 3. The number of fused-ring (bicyclic) bond motifs is 1. The summed E-state index contributed by atoms with van der Waals surface area (Å²) < 4.78 is 0. The van der Waals surface area contributed by atoms with Crippen LogP contribution in [0, 0.1) is 6.92 Å². The first kappa shape index (κ1) is 17.2. The number of anilines is 4. The van der Waals surface area contributed by atoms with E-state index in [-0.39, 0.29) is 5.78 Å². The second-order valence-corrected chi connectivity index (χ2v) is 7.00. The fraction of sp³-hybridized carbons (Fsp3) is 0.227. The highest BCUT2D eigenvalue weighted by atomic mass is 16.1. The molecular weight excluding hydrogens is 336 g/mol. The molecule has 2 aromatic carbocycles. The molecule has 1 unspecified atom stereocenters. The van der Waals surface area contributed by atoms with Crippen LogP contribution in [0.2, 0.25) is 0 Å². The van der Waals surface area contributed by atoms with Crippen LogP contribution in [0.1, 0.15) is 35.5 Å².